The molecule has 1 aromatic rings. The first-order valence-corrected chi connectivity index (χ1v) is 8.94. The van der Waals surface area contributed by atoms with Gasteiger partial charge in [-0.05, 0) is 43.4 Å². The fourth-order valence-corrected chi connectivity index (χ4v) is 3.36. The van der Waals surface area contributed by atoms with Crippen LogP contribution in [0.3, 0.4) is 0 Å². The molecule has 2 fully saturated rings. The van der Waals surface area contributed by atoms with E-state index in [1.165, 1.54) is 0 Å². The monoisotopic (exact) mass is 350 g/mol. The van der Waals surface area contributed by atoms with E-state index in [4.69, 9.17) is 16.3 Å². The summed E-state index contributed by atoms with van der Waals surface area (Å²) in [5.74, 6) is 0.515. The highest BCUT2D eigenvalue weighted by Gasteiger charge is 2.40. The topological polar surface area (TPSA) is 49.9 Å². The van der Waals surface area contributed by atoms with E-state index in [0.717, 1.165) is 18.4 Å². The number of halogens is 1. The van der Waals surface area contributed by atoms with Gasteiger partial charge in [-0.1, -0.05) is 23.7 Å². The van der Waals surface area contributed by atoms with Crippen molar-refractivity contribution < 1.29 is 14.3 Å². The van der Waals surface area contributed by atoms with Gasteiger partial charge in [0.15, 0.2) is 0 Å². The lowest BCUT2D eigenvalue weighted by atomic mass is 9.92. The second-order valence-electron chi connectivity index (χ2n) is 6.38. The minimum Gasteiger partial charge on any atom is -0.450 e. The molecule has 1 atom stereocenters. The summed E-state index contributed by atoms with van der Waals surface area (Å²) < 4.78 is 5.02. The molecule has 5 nitrogen and oxygen atoms in total. The van der Waals surface area contributed by atoms with E-state index in [1.54, 1.807) is 11.8 Å². The Hall–Kier alpha value is -1.75. The zero-order valence-corrected chi connectivity index (χ0v) is 14.7. The molecule has 2 amide bonds. The van der Waals surface area contributed by atoms with Gasteiger partial charge in [0.25, 0.3) is 0 Å². The van der Waals surface area contributed by atoms with Gasteiger partial charge in [0.05, 0.1) is 12.5 Å². The Morgan fingerprint density at radius 3 is 2.25 bits per heavy atom. The number of nitrogens with zero attached hydrogens (tertiary/aromatic N) is 2. The van der Waals surface area contributed by atoms with Gasteiger partial charge in [0, 0.05) is 31.2 Å². The molecule has 24 heavy (non-hydrogen) atoms. The third kappa shape index (κ3) is 3.83. The van der Waals surface area contributed by atoms with Crippen LogP contribution in [0.15, 0.2) is 24.3 Å². The Morgan fingerprint density at radius 2 is 1.71 bits per heavy atom. The van der Waals surface area contributed by atoms with Gasteiger partial charge in [-0.3, -0.25) is 4.79 Å². The maximum atomic E-state index is 13.0. The number of hydrogen-bond donors (Lipinski definition) is 0. The third-order valence-electron chi connectivity index (χ3n) is 4.71. The summed E-state index contributed by atoms with van der Waals surface area (Å²) in [7, 11) is 0. The molecule has 0 N–H and O–H groups in total. The predicted octanol–water partition coefficient (Wildman–Crippen LogP) is 3.13. The molecule has 130 valence electrons. The average molecular weight is 351 g/mol. The molecule has 2 aliphatic rings. The summed E-state index contributed by atoms with van der Waals surface area (Å²) in [6.45, 7) is 4.36. The first-order valence-electron chi connectivity index (χ1n) is 8.56. The quantitative estimate of drug-likeness (QED) is 0.838. The van der Waals surface area contributed by atoms with Crippen LogP contribution in [0.5, 0.6) is 0 Å². The van der Waals surface area contributed by atoms with Gasteiger partial charge in [0.2, 0.25) is 5.91 Å². The summed E-state index contributed by atoms with van der Waals surface area (Å²) in [5, 5.41) is 0.684. The van der Waals surface area contributed by atoms with Crippen molar-refractivity contribution in [1.82, 2.24) is 9.80 Å². The van der Waals surface area contributed by atoms with Crippen molar-refractivity contribution in [3.8, 4) is 0 Å². The molecule has 3 rings (SSSR count). The zero-order valence-electron chi connectivity index (χ0n) is 13.9. The van der Waals surface area contributed by atoms with Crippen LogP contribution in [0, 0.1) is 5.92 Å². The highest BCUT2D eigenvalue weighted by Crippen LogP contribution is 2.43. The van der Waals surface area contributed by atoms with Gasteiger partial charge in [-0.2, -0.15) is 0 Å². The minimum absolute atomic E-state index is 0.0867. The Morgan fingerprint density at radius 1 is 1.12 bits per heavy atom. The number of amides is 2. The second kappa shape index (κ2) is 7.43. The Balaban J connectivity index is 1.64. The van der Waals surface area contributed by atoms with E-state index in [0.29, 0.717) is 43.7 Å². The molecule has 0 aromatic heterocycles. The molecule has 1 aliphatic heterocycles. The summed E-state index contributed by atoms with van der Waals surface area (Å²) >= 11 is 5.97. The SMILES string of the molecule is CCOC(=O)N1CCN(C(=O)C(c2ccc(Cl)cc2)C2CC2)CC1. The Labute approximate surface area is 147 Å². The number of benzene rings is 1. The number of piperazine rings is 1. The van der Waals surface area contributed by atoms with Crippen molar-refractivity contribution in [2.75, 3.05) is 32.8 Å². The number of rotatable bonds is 4. The van der Waals surface area contributed by atoms with Crippen LogP contribution in [0.25, 0.3) is 0 Å². The van der Waals surface area contributed by atoms with Crippen LogP contribution in [-0.4, -0.2) is 54.6 Å². The lowest BCUT2D eigenvalue weighted by Gasteiger charge is -2.36. The highest BCUT2D eigenvalue weighted by atomic mass is 35.5. The van der Waals surface area contributed by atoms with Gasteiger partial charge < -0.3 is 14.5 Å². The number of ether oxygens (including phenoxy) is 1. The van der Waals surface area contributed by atoms with E-state index in [-0.39, 0.29) is 17.9 Å². The second-order valence-corrected chi connectivity index (χ2v) is 6.81. The van der Waals surface area contributed by atoms with Crippen molar-refractivity contribution in [3.05, 3.63) is 34.9 Å². The van der Waals surface area contributed by atoms with Crippen molar-refractivity contribution in [2.45, 2.75) is 25.7 Å². The molecular formula is C18H23ClN2O3. The Bertz CT molecular complexity index is 593. The van der Waals surface area contributed by atoms with Crippen molar-refractivity contribution in [1.29, 1.82) is 0 Å². The van der Waals surface area contributed by atoms with Crippen LogP contribution in [0.4, 0.5) is 4.79 Å². The van der Waals surface area contributed by atoms with Crippen LogP contribution < -0.4 is 0 Å². The van der Waals surface area contributed by atoms with Crippen LogP contribution in [-0.2, 0) is 9.53 Å². The number of carbonyl (C=O) groups is 2. The summed E-state index contributed by atoms with van der Waals surface area (Å²) in [6, 6.07) is 7.60. The number of hydrogen-bond acceptors (Lipinski definition) is 3. The molecular weight excluding hydrogens is 328 g/mol. The van der Waals surface area contributed by atoms with Crippen molar-refractivity contribution >= 4 is 23.6 Å². The minimum atomic E-state index is -0.291. The molecule has 0 radical (unpaired) electrons. The highest BCUT2D eigenvalue weighted by molar-refractivity contribution is 6.30. The van der Waals surface area contributed by atoms with E-state index in [1.807, 2.05) is 29.2 Å². The molecule has 6 heteroatoms. The fraction of sp³-hybridized carbons (Fsp3) is 0.556. The molecule has 1 aliphatic carbocycles. The molecule has 1 saturated carbocycles. The first kappa shape index (κ1) is 17.1. The largest absolute Gasteiger partial charge is 0.450 e. The number of carbonyl (C=O) groups excluding carboxylic acids is 2. The first-order chi connectivity index (χ1) is 11.6. The summed E-state index contributed by atoms with van der Waals surface area (Å²) in [6.07, 6.45) is 1.91. The van der Waals surface area contributed by atoms with Gasteiger partial charge >= 0.3 is 6.09 Å². The van der Waals surface area contributed by atoms with Crippen molar-refractivity contribution in [3.63, 3.8) is 0 Å². The van der Waals surface area contributed by atoms with Gasteiger partial charge in [0.1, 0.15) is 0 Å². The fourth-order valence-electron chi connectivity index (χ4n) is 3.24. The molecule has 1 saturated heterocycles. The smallest absolute Gasteiger partial charge is 0.409 e. The lowest BCUT2D eigenvalue weighted by molar-refractivity contribution is -0.135. The predicted molar refractivity (Wildman–Crippen MR) is 92.1 cm³/mol. The Kier molecular flexibility index (Phi) is 5.29. The van der Waals surface area contributed by atoms with E-state index in [9.17, 15) is 9.59 Å². The molecule has 0 spiro atoms. The zero-order chi connectivity index (χ0) is 17.1. The van der Waals surface area contributed by atoms with Gasteiger partial charge in [-0.25, -0.2) is 4.79 Å². The van der Waals surface area contributed by atoms with E-state index >= 15 is 0 Å². The average Bonchev–Trinajstić information content (AvgIpc) is 3.42. The van der Waals surface area contributed by atoms with Gasteiger partial charge in [-0.15, -0.1) is 0 Å². The molecule has 0 bridgehead atoms. The van der Waals surface area contributed by atoms with E-state index in [2.05, 4.69) is 0 Å². The summed E-state index contributed by atoms with van der Waals surface area (Å²) in [5.41, 5.74) is 1.04. The molecule has 1 aromatic carbocycles. The maximum absolute atomic E-state index is 13.0. The van der Waals surface area contributed by atoms with Crippen molar-refractivity contribution in [2.24, 2.45) is 5.92 Å². The van der Waals surface area contributed by atoms with Crippen LogP contribution in [0.2, 0.25) is 5.02 Å². The summed E-state index contributed by atoms with van der Waals surface area (Å²) in [4.78, 5) is 28.3. The van der Waals surface area contributed by atoms with Crippen LogP contribution >= 0.6 is 11.6 Å². The normalized spacial score (nSPS) is 19.1. The lowest BCUT2D eigenvalue weighted by Crippen LogP contribution is -2.52. The van der Waals surface area contributed by atoms with Crippen LogP contribution in [0.1, 0.15) is 31.2 Å². The third-order valence-corrected chi connectivity index (χ3v) is 4.96. The van der Waals surface area contributed by atoms with E-state index < -0.39 is 0 Å². The standard InChI is InChI=1S/C18H23ClN2O3/c1-2-24-18(23)21-11-9-20(10-12-21)17(22)16(13-3-4-13)14-5-7-15(19)8-6-14/h5-8,13,16H,2-4,9-12H2,1H3. The molecule has 1 heterocycles. The maximum Gasteiger partial charge on any atom is 0.409 e. The molecule has 1 unspecified atom stereocenters.